The first-order chi connectivity index (χ1) is 8.19. The van der Waals surface area contributed by atoms with Crippen LogP contribution in [0.15, 0.2) is 5.38 Å². The number of nitrogens with one attached hydrogen (secondary N) is 1. The van der Waals surface area contributed by atoms with E-state index < -0.39 is 0 Å². The second-order valence-corrected chi connectivity index (χ2v) is 7.41. The van der Waals surface area contributed by atoms with Crippen molar-refractivity contribution >= 4 is 23.1 Å². The van der Waals surface area contributed by atoms with Crippen molar-refractivity contribution in [2.75, 3.05) is 5.75 Å². The number of aromatic nitrogens is 1. The Kier molecular flexibility index (Phi) is 4.88. The Hall–Kier alpha value is -0.0600. The van der Waals surface area contributed by atoms with Gasteiger partial charge in [-0.3, -0.25) is 0 Å². The van der Waals surface area contributed by atoms with Crippen LogP contribution in [0.4, 0.5) is 0 Å². The van der Waals surface area contributed by atoms with Gasteiger partial charge in [0.25, 0.3) is 0 Å². The predicted molar refractivity (Wildman–Crippen MR) is 78.0 cm³/mol. The van der Waals surface area contributed by atoms with E-state index in [9.17, 15) is 0 Å². The highest BCUT2D eigenvalue weighted by Crippen LogP contribution is 2.31. The lowest BCUT2D eigenvalue weighted by atomic mass is 10.2. The van der Waals surface area contributed by atoms with E-state index >= 15 is 0 Å². The number of thiazole rings is 1. The molecule has 3 unspecified atom stereocenters. The van der Waals surface area contributed by atoms with Crippen LogP contribution in [0, 0.1) is 6.92 Å². The van der Waals surface area contributed by atoms with E-state index in [2.05, 4.69) is 48.2 Å². The largest absolute Gasteiger partial charge is 0.306 e. The molecule has 4 heteroatoms. The van der Waals surface area contributed by atoms with Crippen LogP contribution < -0.4 is 5.32 Å². The predicted octanol–water partition coefficient (Wildman–Crippen LogP) is 3.78. The van der Waals surface area contributed by atoms with Crippen molar-refractivity contribution in [2.45, 2.75) is 57.4 Å². The molecule has 1 aliphatic carbocycles. The van der Waals surface area contributed by atoms with Gasteiger partial charge in [0.15, 0.2) is 0 Å². The van der Waals surface area contributed by atoms with Crippen molar-refractivity contribution in [3.05, 3.63) is 16.1 Å². The number of hydrogen-bond acceptors (Lipinski definition) is 4. The fourth-order valence-corrected chi connectivity index (χ4v) is 4.35. The first kappa shape index (κ1) is 13.4. The fourth-order valence-electron chi connectivity index (χ4n) is 2.50. The summed E-state index contributed by atoms with van der Waals surface area (Å²) in [6.45, 7) is 6.56. The van der Waals surface area contributed by atoms with Gasteiger partial charge in [0.05, 0.1) is 10.7 Å². The van der Waals surface area contributed by atoms with Gasteiger partial charge in [0, 0.05) is 22.7 Å². The Labute approximate surface area is 113 Å². The Morgan fingerprint density at radius 2 is 2.41 bits per heavy atom. The van der Waals surface area contributed by atoms with Gasteiger partial charge in [-0.05, 0) is 38.9 Å². The second kappa shape index (κ2) is 6.21. The molecular formula is C13H22N2S2. The summed E-state index contributed by atoms with van der Waals surface area (Å²) >= 11 is 3.86. The van der Waals surface area contributed by atoms with Crippen LogP contribution in [0.3, 0.4) is 0 Å². The summed E-state index contributed by atoms with van der Waals surface area (Å²) in [6, 6.07) is 1.09. The minimum absolute atomic E-state index is 0.398. The molecule has 0 bridgehead atoms. The summed E-state index contributed by atoms with van der Waals surface area (Å²) in [5, 5.41) is 7.95. The zero-order chi connectivity index (χ0) is 12.3. The van der Waals surface area contributed by atoms with Crippen LogP contribution in [-0.2, 0) is 0 Å². The summed E-state index contributed by atoms with van der Waals surface area (Å²) in [6.07, 6.45) is 4.02. The van der Waals surface area contributed by atoms with Crippen LogP contribution in [0.1, 0.15) is 49.9 Å². The van der Waals surface area contributed by atoms with Crippen molar-refractivity contribution in [1.82, 2.24) is 10.3 Å². The summed E-state index contributed by atoms with van der Waals surface area (Å²) in [5.74, 6) is 1.25. The van der Waals surface area contributed by atoms with E-state index in [-0.39, 0.29) is 0 Å². The molecule has 2 nitrogen and oxygen atoms in total. The van der Waals surface area contributed by atoms with Gasteiger partial charge in [-0.2, -0.15) is 11.8 Å². The summed E-state index contributed by atoms with van der Waals surface area (Å²) in [7, 11) is 0. The Morgan fingerprint density at radius 1 is 1.59 bits per heavy atom. The average Bonchev–Trinajstić information content (AvgIpc) is 2.88. The third-order valence-corrected chi connectivity index (χ3v) is 5.38. The SMILES string of the molecule is CCSC1CCC(NC(C)c2csc(C)n2)C1. The number of aryl methyl sites for hydroxylation is 1. The van der Waals surface area contributed by atoms with Crippen LogP contribution in [0.5, 0.6) is 0 Å². The molecule has 0 amide bonds. The molecule has 17 heavy (non-hydrogen) atoms. The molecule has 0 aliphatic heterocycles. The van der Waals surface area contributed by atoms with Gasteiger partial charge in [-0.15, -0.1) is 11.3 Å². The quantitative estimate of drug-likeness (QED) is 0.881. The standard InChI is InChI=1S/C13H22N2S2/c1-4-16-12-6-5-11(7-12)14-9(2)13-8-17-10(3)15-13/h8-9,11-12,14H,4-7H2,1-3H3. The molecule has 1 heterocycles. The van der Waals surface area contributed by atoms with Crippen LogP contribution in [0.2, 0.25) is 0 Å². The lowest BCUT2D eigenvalue weighted by Crippen LogP contribution is -2.29. The Bertz CT molecular complexity index is 351. The molecule has 1 fully saturated rings. The maximum absolute atomic E-state index is 4.56. The molecule has 0 spiro atoms. The van der Waals surface area contributed by atoms with Crippen molar-refractivity contribution in [3.8, 4) is 0 Å². The van der Waals surface area contributed by atoms with E-state index in [1.807, 2.05) is 0 Å². The molecular weight excluding hydrogens is 248 g/mol. The lowest BCUT2D eigenvalue weighted by molar-refractivity contribution is 0.456. The van der Waals surface area contributed by atoms with Gasteiger partial charge in [0.2, 0.25) is 0 Å². The number of thioether (sulfide) groups is 1. The topological polar surface area (TPSA) is 24.9 Å². The van der Waals surface area contributed by atoms with Gasteiger partial charge in [-0.1, -0.05) is 6.92 Å². The van der Waals surface area contributed by atoms with Gasteiger partial charge in [0.1, 0.15) is 0 Å². The molecule has 1 N–H and O–H groups in total. The molecule has 0 radical (unpaired) electrons. The maximum atomic E-state index is 4.56. The molecule has 96 valence electrons. The highest BCUT2D eigenvalue weighted by molar-refractivity contribution is 7.99. The highest BCUT2D eigenvalue weighted by atomic mass is 32.2. The van der Waals surface area contributed by atoms with E-state index in [0.717, 1.165) is 5.25 Å². The molecule has 1 aromatic rings. The molecule has 0 saturated heterocycles. The van der Waals surface area contributed by atoms with Crippen molar-refractivity contribution in [3.63, 3.8) is 0 Å². The summed E-state index contributed by atoms with van der Waals surface area (Å²) in [5.41, 5.74) is 1.21. The second-order valence-electron chi connectivity index (χ2n) is 4.77. The van der Waals surface area contributed by atoms with Crippen molar-refractivity contribution in [1.29, 1.82) is 0 Å². The number of rotatable bonds is 5. The molecule has 1 aliphatic rings. The fraction of sp³-hybridized carbons (Fsp3) is 0.769. The zero-order valence-electron chi connectivity index (χ0n) is 10.9. The van der Waals surface area contributed by atoms with Gasteiger partial charge >= 0.3 is 0 Å². The monoisotopic (exact) mass is 270 g/mol. The molecule has 1 saturated carbocycles. The summed E-state index contributed by atoms with van der Waals surface area (Å²) < 4.78 is 0. The van der Waals surface area contributed by atoms with Crippen LogP contribution >= 0.6 is 23.1 Å². The zero-order valence-corrected chi connectivity index (χ0v) is 12.5. The summed E-state index contributed by atoms with van der Waals surface area (Å²) in [4.78, 5) is 4.56. The van der Waals surface area contributed by atoms with E-state index in [4.69, 9.17) is 0 Å². The molecule has 1 aromatic heterocycles. The van der Waals surface area contributed by atoms with Crippen LogP contribution in [0.25, 0.3) is 0 Å². The smallest absolute Gasteiger partial charge is 0.0898 e. The number of hydrogen-bond donors (Lipinski definition) is 1. The van der Waals surface area contributed by atoms with Crippen molar-refractivity contribution in [2.24, 2.45) is 0 Å². The van der Waals surface area contributed by atoms with Crippen molar-refractivity contribution < 1.29 is 0 Å². The average molecular weight is 270 g/mol. The minimum Gasteiger partial charge on any atom is -0.306 e. The molecule has 2 rings (SSSR count). The Balaban J connectivity index is 1.82. The molecule has 3 atom stereocenters. The first-order valence-corrected chi connectivity index (χ1v) is 8.41. The number of nitrogens with zero attached hydrogens (tertiary/aromatic N) is 1. The third-order valence-electron chi connectivity index (χ3n) is 3.35. The normalized spacial score (nSPS) is 26.3. The van der Waals surface area contributed by atoms with Crippen LogP contribution in [-0.4, -0.2) is 22.0 Å². The third kappa shape index (κ3) is 3.70. The Morgan fingerprint density at radius 3 is 3.06 bits per heavy atom. The lowest BCUT2D eigenvalue weighted by Gasteiger charge is -2.18. The van der Waals surface area contributed by atoms with E-state index in [0.29, 0.717) is 12.1 Å². The highest BCUT2D eigenvalue weighted by Gasteiger charge is 2.25. The van der Waals surface area contributed by atoms with Gasteiger partial charge < -0.3 is 5.32 Å². The van der Waals surface area contributed by atoms with Gasteiger partial charge in [-0.25, -0.2) is 4.98 Å². The molecule has 0 aromatic carbocycles. The minimum atomic E-state index is 0.398. The van der Waals surface area contributed by atoms with E-state index in [1.165, 1.54) is 35.7 Å². The first-order valence-electron chi connectivity index (χ1n) is 6.48. The maximum Gasteiger partial charge on any atom is 0.0898 e. The van der Waals surface area contributed by atoms with E-state index in [1.54, 1.807) is 11.3 Å².